The molecule has 20 heavy (non-hydrogen) atoms. The Kier molecular flexibility index (Phi) is 5.02. The number of hydrogen-bond acceptors (Lipinski definition) is 3. The van der Waals surface area contributed by atoms with Gasteiger partial charge in [-0.1, -0.05) is 33.1 Å². The Morgan fingerprint density at radius 2 is 1.85 bits per heavy atom. The van der Waals surface area contributed by atoms with E-state index in [1.807, 2.05) is 6.92 Å². The molecule has 0 saturated heterocycles. The van der Waals surface area contributed by atoms with Crippen molar-refractivity contribution in [1.82, 2.24) is 4.90 Å². The molecule has 0 aliphatic carbocycles. The molecular formula is C15H20BrNO2S. The second-order valence-corrected chi connectivity index (χ2v) is 7.86. The van der Waals surface area contributed by atoms with Gasteiger partial charge in [0.25, 0.3) is 11.8 Å². The molecule has 0 aromatic carbocycles. The Morgan fingerprint density at radius 3 is 2.40 bits per heavy atom. The molecule has 3 nitrogen and oxygen atoms in total. The first-order chi connectivity index (χ1) is 9.51. The highest BCUT2D eigenvalue weighted by Crippen LogP contribution is 2.38. The lowest BCUT2D eigenvalue weighted by molar-refractivity contribution is 0.0623. The zero-order valence-electron chi connectivity index (χ0n) is 12.2. The van der Waals surface area contributed by atoms with Gasteiger partial charge in [-0.25, -0.2) is 0 Å². The molecule has 0 bridgehead atoms. The number of aryl methyl sites for hydroxylation is 1. The molecule has 2 amide bonds. The predicted molar refractivity (Wildman–Crippen MR) is 85.4 cm³/mol. The van der Waals surface area contributed by atoms with Gasteiger partial charge in [0.2, 0.25) is 0 Å². The lowest BCUT2D eigenvalue weighted by atomic mass is 9.99. The van der Waals surface area contributed by atoms with Crippen LogP contribution in [0.4, 0.5) is 0 Å². The molecule has 1 aliphatic rings. The van der Waals surface area contributed by atoms with Gasteiger partial charge in [0, 0.05) is 11.4 Å². The first kappa shape index (κ1) is 15.7. The summed E-state index contributed by atoms with van der Waals surface area (Å²) in [6, 6.07) is 0. The van der Waals surface area contributed by atoms with Crippen molar-refractivity contribution in [2.45, 2.75) is 46.5 Å². The largest absolute Gasteiger partial charge is 0.274 e. The maximum atomic E-state index is 12.5. The van der Waals surface area contributed by atoms with Crippen LogP contribution < -0.4 is 0 Å². The van der Waals surface area contributed by atoms with Crippen molar-refractivity contribution < 1.29 is 9.59 Å². The molecule has 1 aromatic heterocycles. The summed E-state index contributed by atoms with van der Waals surface area (Å²) in [7, 11) is 0. The lowest BCUT2D eigenvalue weighted by Gasteiger charge is -2.21. The zero-order valence-corrected chi connectivity index (χ0v) is 14.6. The normalized spacial score (nSPS) is 15.9. The number of carbonyl (C=O) groups is 2. The molecule has 0 N–H and O–H groups in total. The molecule has 0 saturated carbocycles. The summed E-state index contributed by atoms with van der Waals surface area (Å²) in [6.07, 6.45) is 4.38. The smallest absolute Gasteiger partial charge is 0.263 e. The van der Waals surface area contributed by atoms with Crippen LogP contribution in [0.15, 0.2) is 3.79 Å². The first-order valence-electron chi connectivity index (χ1n) is 7.16. The highest BCUT2D eigenvalue weighted by Gasteiger charge is 2.40. The number of carbonyl (C=O) groups excluding carboxylic acids is 2. The second-order valence-electron chi connectivity index (χ2n) is 5.32. The lowest BCUT2D eigenvalue weighted by Crippen LogP contribution is -2.34. The Bertz CT molecular complexity index is 502. The predicted octanol–water partition coefficient (Wildman–Crippen LogP) is 4.63. The quantitative estimate of drug-likeness (QED) is 0.695. The van der Waals surface area contributed by atoms with E-state index in [9.17, 15) is 9.59 Å². The highest BCUT2D eigenvalue weighted by molar-refractivity contribution is 9.11. The summed E-state index contributed by atoms with van der Waals surface area (Å²) in [6.45, 7) is 6.75. The minimum absolute atomic E-state index is 0.112. The summed E-state index contributed by atoms with van der Waals surface area (Å²) in [4.78, 5) is 27.3. The molecule has 1 aliphatic heterocycles. The van der Waals surface area contributed by atoms with Crippen molar-refractivity contribution in [2.24, 2.45) is 5.92 Å². The monoisotopic (exact) mass is 357 g/mol. The summed E-state index contributed by atoms with van der Waals surface area (Å²) >= 11 is 4.88. The van der Waals surface area contributed by atoms with Crippen LogP contribution in [0, 0.1) is 12.8 Å². The summed E-state index contributed by atoms with van der Waals surface area (Å²) in [5, 5.41) is 0. The van der Waals surface area contributed by atoms with Gasteiger partial charge < -0.3 is 0 Å². The molecule has 1 unspecified atom stereocenters. The number of halogens is 1. The number of amides is 2. The molecule has 110 valence electrons. The van der Waals surface area contributed by atoms with Crippen LogP contribution in [0.2, 0.25) is 0 Å². The van der Waals surface area contributed by atoms with Crippen molar-refractivity contribution in [1.29, 1.82) is 0 Å². The maximum absolute atomic E-state index is 12.5. The molecule has 0 spiro atoms. The Balaban J connectivity index is 2.18. The Labute approximate surface area is 132 Å². The minimum Gasteiger partial charge on any atom is -0.274 e. The molecule has 1 aromatic rings. The third-order valence-corrected chi connectivity index (χ3v) is 5.72. The first-order valence-corrected chi connectivity index (χ1v) is 8.77. The number of rotatable bonds is 6. The fraction of sp³-hybridized carbons (Fsp3) is 0.600. The third-order valence-electron chi connectivity index (χ3n) is 3.94. The SMILES string of the molecule is CCCCC(CC)CN1C(=O)c2c(C)sc(Br)c2C1=O. The molecule has 0 radical (unpaired) electrons. The maximum Gasteiger partial charge on any atom is 0.263 e. The van der Waals surface area contributed by atoms with Gasteiger partial charge in [0.15, 0.2) is 0 Å². The third kappa shape index (κ3) is 2.70. The number of hydrogen-bond donors (Lipinski definition) is 0. The van der Waals surface area contributed by atoms with Gasteiger partial charge >= 0.3 is 0 Å². The van der Waals surface area contributed by atoms with Crippen LogP contribution in [-0.4, -0.2) is 23.3 Å². The van der Waals surface area contributed by atoms with E-state index in [0.717, 1.165) is 34.3 Å². The fourth-order valence-corrected chi connectivity index (χ4v) is 4.61. The summed E-state index contributed by atoms with van der Waals surface area (Å²) in [5.74, 6) is 0.171. The van der Waals surface area contributed by atoms with E-state index in [4.69, 9.17) is 0 Å². The van der Waals surface area contributed by atoms with Gasteiger partial charge in [-0.2, -0.15) is 0 Å². The molecule has 2 heterocycles. The van der Waals surface area contributed by atoms with E-state index in [2.05, 4.69) is 29.8 Å². The van der Waals surface area contributed by atoms with Crippen LogP contribution >= 0.6 is 27.3 Å². The minimum atomic E-state index is -0.129. The van der Waals surface area contributed by atoms with Gasteiger partial charge in [-0.3, -0.25) is 14.5 Å². The van der Waals surface area contributed by atoms with E-state index in [1.165, 1.54) is 16.2 Å². The van der Waals surface area contributed by atoms with E-state index in [1.54, 1.807) is 0 Å². The fourth-order valence-electron chi connectivity index (χ4n) is 2.66. The summed E-state index contributed by atoms with van der Waals surface area (Å²) < 4.78 is 0.785. The summed E-state index contributed by atoms with van der Waals surface area (Å²) in [5.41, 5.74) is 1.18. The van der Waals surface area contributed by atoms with Crippen molar-refractivity contribution in [3.63, 3.8) is 0 Å². The van der Waals surface area contributed by atoms with E-state index < -0.39 is 0 Å². The molecule has 2 rings (SSSR count). The number of nitrogens with zero attached hydrogens (tertiary/aromatic N) is 1. The highest BCUT2D eigenvalue weighted by atomic mass is 79.9. The van der Waals surface area contributed by atoms with Crippen molar-refractivity contribution >= 4 is 39.1 Å². The van der Waals surface area contributed by atoms with Crippen LogP contribution in [0.1, 0.15) is 65.1 Å². The Morgan fingerprint density at radius 1 is 1.20 bits per heavy atom. The number of thiophene rings is 1. The van der Waals surface area contributed by atoms with Crippen LogP contribution in [0.5, 0.6) is 0 Å². The topological polar surface area (TPSA) is 37.4 Å². The second kappa shape index (κ2) is 6.39. The molecule has 1 atom stereocenters. The van der Waals surface area contributed by atoms with Crippen LogP contribution in [-0.2, 0) is 0 Å². The van der Waals surface area contributed by atoms with E-state index in [-0.39, 0.29) is 11.8 Å². The number of fused-ring (bicyclic) bond motifs is 1. The van der Waals surface area contributed by atoms with Gasteiger partial charge in [0.1, 0.15) is 0 Å². The molecule has 0 fully saturated rings. The average molecular weight is 358 g/mol. The van der Waals surface area contributed by atoms with Crippen molar-refractivity contribution in [3.05, 3.63) is 19.8 Å². The molecular weight excluding hydrogens is 338 g/mol. The van der Waals surface area contributed by atoms with Gasteiger partial charge in [0.05, 0.1) is 14.9 Å². The standard InChI is InChI=1S/C15H20BrNO2S/c1-4-6-7-10(5-2)8-17-14(18)11-9(3)20-13(16)12(11)15(17)19/h10H,4-8H2,1-3H3. The average Bonchev–Trinajstić information content (AvgIpc) is 2.84. The zero-order chi connectivity index (χ0) is 14.9. The number of unbranched alkanes of at least 4 members (excludes halogenated alkanes) is 1. The van der Waals surface area contributed by atoms with Crippen molar-refractivity contribution in [2.75, 3.05) is 6.54 Å². The van der Waals surface area contributed by atoms with Crippen LogP contribution in [0.25, 0.3) is 0 Å². The van der Waals surface area contributed by atoms with E-state index >= 15 is 0 Å². The van der Waals surface area contributed by atoms with E-state index in [0.29, 0.717) is 23.6 Å². The van der Waals surface area contributed by atoms with Crippen molar-refractivity contribution in [3.8, 4) is 0 Å². The number of imide groups is 1. The van der Waals surface area contributed by atoms with Gasteiger partial charge in [-0.15, -0.1) is 11.3 Å². The Hall–Kier alpha value is -0.680. The van der Waals surface area contributed by atoms with Crippen LogP contribution in [0.3, 0.4) is 0 Å². The molecule has 5 heteroatoms. The van der Waals surface area contributed by atoms with Gasteiger partial charge in [-0.05, 0) is 35.2 Å².